The summed E-state index contributed by atoms with van der Waals surface area (Å²) in [5, 5.41) is 31.5. The average molecular weight is 1100 g/mol. The number of carbonyl (C=O) groups is 4. The van der Waals surface area contributed by atoms with Gasteiger partial charge in [0.2, 0.25) is 0 Å². The number of carboxylic acid groups (broad SMARTS) is 1. The molecule has 0 aliphatic carbocycles. The van der Waals surface area contributed by atoms with Crippen molar-refractivity contribution < 1.29 is 58.2 Å². The Morgan fingerprint density at radius 2 is 0.759 bits per heavy atom. The number of aliphatic hydroxyl groups is 2. The molecule has 6 atom stereocenters. The minimum absolute atomic E-state index is 0.0151. The van der Waals surface area contributed by atoms with Gasteiger partial charge in [-0.15, -0.1) is 0 Å². The molecule has 0 aromatic rings. The Balaban J connectivity index is 2.82. The summed E-state index contributed by atoms with van der Waals surface area (Å²) in [6, 6.07) is 0. The standard InChI is InChI=1S/C67H98O12/c1-4-7-10-13-16-19-22-25-28-30-33-35-38-41-44-47-50-53-59(68)75-56-58(77-60(69)54-51-48-45-42-39-37-34-31-29-26-23-20-17-14-11-8-5-2)57-76-67-65(63(72)62(71)64(79-67)66(73)74)78-61(70)55-52-49-46-43-40-36-32-27-24-21-18-15-12-9-6-3/h7-12,16-21,25-29,32-35,37,40-45,58,62-65,67,71-72H,4-6,13-15,22-24,30-31,36,38-39,46-57H2,1-3H3,(H,73,74)/b10-7-,11-8-,12-9-,19-16-,20-17-,21-18-,28-25-,29-26-,32-27-,35-33-,37-34-,43-40-,44-41-,45-42-. The second-order valence-corrected chi connectivity index (χ2v) is 18.8. The summed E-state index contributed by atoms with van der Waals surface area (Å²) in [6.07, 6.45) is 66.2. The van der Waals surface area contributed by atoms with Crippen molar-refractivity contribution in [3.63, 3.8) is 0 Å². The summed E-state index contributed by atoms with van der Waals surface area (Å²) < 4.78 is 28.2. The number of aliphatic carboxylic acids is 1. The van der Waals surface area contributed by atoms with Crippen molar-refractivity contribution >= 4 is 23.9 Å². The van der Waals surface area contributed by atoms with Crippen molar-refractivity contribution in [2.24, 2.45) is 0 Å². The van der Waals surface area contributed by atoms with Crippen LogP contribution in [-0.2, 0) is 42.9 Å². The van der Waals surface area contributed by atoms with E-state index in [2.05, 4.69) is 161 Å². The first-order chi connectivity index (χ1) is 38.6. The lowest BCUT2D eigenvalue weighted by Crippen LogP contribution is -2.61. The van der Waals surface area contributed by atoms with Gasteiger partial charge in [-0.3, -0.25) is 14.4 Å². The summed E-state index contributed by atoms with van der Waals surface area (Å²) in [7, 11) is 0. The van der Waals surface area contributed by atoms with Crippen molar-refractivity contribution in [1.82, 2.24) is 0 Å². The van der Waals surface area contributed by atoms with E-state index in [1.165, 1.54) is 0 Å². The molecule has 1 rings (SSSR count). The van der Waals surface area contributed by atoms with Crippen LogP contribution < -0.4 is 0 Å². The van der Waals surface area contributed by atoms with Gasteiger partial charge in [0.05, 0.1) is 6.61 Å². The predicted molar refractivity (Wildman–Crippen MR) is 321 cm³/mol. The molecular formula is C67H98O12. The fourth-order valence-corrected chi connectivity index (χ4v) is 7.43. The number of ether oxygens (including phenoxy) is 5. The predicted octanol–water partition coefficient (Wildman–Crippen LogP) is 15.1. The van der Waals surface area contributed by atoms with Crippen LogP contribution in [0.25, 0.3) is 0 Å². The highest BCUT2D eigenvalue weighted by Gasteiger charge is 2.50. The van der Waals surface area contributed by atoms with Crippen LogP contribution in [0.4, 0.5) is 0 Å². The lowest BCUT2D eigenvalue weighted by molar-refractivity contribution is -0.301. The maximum atomic E-state index is 13.1. The maximum absolute atomic E-state index is 13.1. The van der Waals surface area contributed by atoms with Crippen LogP contribution in [0.3, 0.4) is 0 Å². The topological polar surface area (TPSA) is 175 Å². The molecule has 0 aromatic carbocycles. The molecule has 0 spiro atoms. The number of allylic oxidation sites excluding steroid dienone is 28. The number of carbonyl (C=O) groups excluding carboxylic acids is 3. The Hall–Kier alpha value is -5.92. The zero-order chi connectivity index (χ0) is 57.5. The van der Waals surface area contributed by atoms with Gasteiger partial charge in [0, 0.05) is 19.3 Å². The molecule has 0 aromatic heterocycles. The molecule has 1 aliphatic heterocycles. The Kier molecular flexibility index (Phi) is 47.5. The van der Waals surface area contributed by atoms with E-state index in [0.29, 0.717) is 38.5 Å². The molecule has 1 heterocycles. The van der Waals surface area contributed by atoms with E-state index in [4.69, 9.17) is 23.7 Å². The van der Waals surface area contributed by atoms with E-state index >= 15 is 0 Å². The van der Waals surface area contributed by atoms with Gasteiger partial charge in [-0.05, 0) is 135 Å². The summed E-state index contributed by atoms with van der Waals surface area (Å²) >= 11 is 0. The lowest BCUT2D eigenvalue weighted by Gasteiger charge is -2.40. The number of rotatable bonds is 46. The quantitative estimate of drug-likeness (QED) is 0.0228. The largest absolute Gasteiger partial charge is 0.479 e. The third kappa shape index (κ3) is 42.7. The van der Waals surface area contributed by atoms with Crippen LogP contribution in [0.1, 0.15) is 175 Å². The first-order valence-corrected chi connectivity index (χ1v) is 29.1. The summed E-state index contributed by atoms with van der Waals surface area (Å²) in [6.45, 7) is 5.50. The molecule has 0 bridgehead atoms. The molecule has 3 N–H and O–H groups in total. The van der Waals surface area contributed by atoms with Crippen LogP contribution in [0.2, 0.25) is 0 Å². The van der Waals surface area contributed by atoms with E-state index in [1.54, 1.807) is 0 Å². The van der Waals surface area contributed by atoms with Gasteiger partial charge >= 0.3 is 23.9 Å². The zero-order valence-corrected chi connectivity index (χ0v) is 48.0. The molecule has 0 saturated carbocycles. The average Bonchev–Trinajstić information content (AvgIpc) is 3.46. The van der Waals surface area contributed by atoms with E-state index in [9.17, 15) is 34.5 Å². The molecule has 6 unspecified atom stereocenters. The van der Waals surface area contributed by atoms with Crippen LogP contribution in [-0.4, -0.2) is 89.2 Å². The number of carboxylic acids is 1. The van der Waals surface area contributed by atoms with Gasteiger partial charge in [-0.25, -0.2) is 4.79 Å². The van der Waals surface area contributed by atoms with Gasteiger partial charge in [-0.2, -0.15) is 0 Å². The fourth-order valence-electron chi connectivity index (χ4n) is 7.43. The van der Waals surface area contributed by atoms with Crippen molar-refractivity contribution in [3.8, 4) is 0 Å². The summed E-state index contributed by atoms with van der Waals surface area (Å²) in [5.41, 5.74) is 0. The molecular weight excluding hydrogens is 997 g/mol. The van der Waals surface area contributed by atoms with Crippen molar-refractivity contribution in [3.05, 3.63) is 170 Å². The van der Waals surface area contributed by atoms with Crippen molar-refractivity contribution in [2.45, 2.75) is 212 Å². The Morgan fingerprint density at radius 3 is 1.14 bits per heavy atom. The van der Waals surface area contributed by atoms with Crippen LogP contribution in [0.5, 0.6) is 0 Å². The van der Waals surface area contributed by atoms with Crippen LogP contribution in [0.15, 0.2) is 170 Å². The van der Waals surface area contributed by atoms with E-state index in [-0.39, 0.29) is 25.9 Å². The van der Waals surface area contributed by atoms with Crippen molar-refractivity contribution in [1.29, 1.82) is 0 Å². The van der Waals surface area contributed by atoms with Crippen molar-refractivity contribution in [2.75, 3.05) is 13.2 Å². The summed E-state index contributed by atoms with van der Waals surface area (Å²) in [4.78, 5) is 51.1. The molecule has 1 fully saturated rings. The highest BCUT2D eigenvalue weighted by atomic mass is 16.7. The first-order valence-electron chi connectivity index (χ1n) is 29.1. The molecule has 79 heavy (non-hydrogen) atoms. The van der Waals surface area contributed by atoms with Gasteiger partial charge in [0.15, 0.2) is 24.6 Å². The van der Waals surface area contributed by atoms with Crippen LogP contribution in [0, 0.1) is 0 Å². The van der Waals surface area contributed by atoms with Gasteiger partial charge in [0.25, 0.3) is 0 Å². The van der Waals surface area contributed by atoms with E-state index < -0.39 is 67.3 Å². The second kappa shape index (κ2) is 52.8. The summed E-state index contributed by atoms with van der Waals surface area (Å²) in [5.74, 6) is -3.37. The third-order valence-electron chi connectivity index (χ3n) is 11.8. The second-order valence-electron chi connectivity index (χ2n) is 18.8. The molecule has 1 aliphatic rings. The van der Waals surface area contributed by atoms with E-state index in [1.807, 2.05) is 30.4 Å². The number of esters is 3. The molecule has 0 amide bonds. The van der Waals surface area contributed by atoms with Gasteiger partial charge < -0.3 is 39.0 Å². The normalized spacial score (nSPS) is 19.1. The molecule has 0 radical (unpaired) electrons. The Labute approximate surface area is 475 Å². The fraction of sp³-hybridized carbons (Fsp3) is 0.522. The minimum atomic E-state index is -1.94. The number of hydrogen-bond donors (Lipinski definition) is 3. The van der Waals surface area contributed by atoms with Gasteiger partial charge in [0.1, 0.15) is 18.8 Å². The van der Waals surface area contributed by atoms with Crippen LogP contribution >= 0.6 is 0 Å². The first kappa shape index (κ1) is 71.1. The molecule has 438 valence electrons. The molecule has 12 heteroatoms. The van der Waals surface area contributed by atoms with Gasteiger partial charge in [-0.1, -0.05) is 191 Å². The SMILES string of the molecule is CC/C=C\C/C=C\C/C=C\C/C=C\C/C=C\CCCC(=O)OCC(COC1OC(C(=O)O)C(O)C(O)C1OC(=O)CCCC/C=C\C/C=C\C/C=C\C/C=C\CC)OC(=O)CCC/C=C\C/C=C\C/C=C\C/C=C\C/C=C\CC. The smallest absolute Gasteiger partial charge is 0.335 e. The zero-order valence-electron chi connectivity index (χ0n) is 48.0. The monoisotopic (exact) mass is 1090 g/mol. The Morgan fingerprint density at radius 1 is 0.418 bits per heavy atom. The highest BCUT2D eigenvalue weighted by Crippen LogP contribution is 2.26. The minimum Gasteiger partial charge on any atom is -0.479 e. The maximum Gasteiger partial charge on any atom is 0.335 e. The molecule has 12 nitrogen and oxygen atoms in total. The highest BCUT2D eigenvalue weighted by molar-refractivity contribution is 5.74. The lowest BCUT2D eigenvalue weighted by atomic mass is 9.98. The Bertz CT molecular complexity index is 2020. The third-order valence-corrected chi connectivity index (χ3v) is 11.8. The molecule has 1 saturated heterocycles. The van der Waals surface area contributed by atoms with E-state index in [0.717, 1.165) is 96.3 Å². The number of aliphatic hydroxyl groups excluding tert-OH is 2. The number of hydrogen-bond acceptors (Lipinski definition) is 11. The number of unbranched alkanes of at least 4 members (excludes halogenated alkanes) is 4.